The predicted molar refractivity (Wildman–Crippen MR) is 144 cm³/mol. The van der Waals surface area contributed by atoms with E-state index in [-0.39, 0.29) is 28.9 Å². The van der Waals surface area contributed by atoms with Gasteiger partial charge in [-0.15, -0.1) is 0 Å². The van der Waals surface area contributed by atoms with E-state index in [1.165, 1.54) is 20.2 Å². The van der Waals surface area contributed by atoms with Crippen LogP contribution in [0.25, 0.3) is 11.1 Å². The van der Waals surface area contributed by atoms with Crippen LogP contribution in [0.1, 0.15) is 44.4 Å². The zero-order valence-electron chi connectivity index (χ0n) is 22.4. The summed E-state index contributed by atoms with van der Waals surface area (Å²) in [5, 5.41) is 16.7. The molecule has 2 unspecified atom stereocenters. The van der Waals surface area contributed by atoms with Crippen LogP contribution in [-0.2, 0) is 11.2 Å². The summed E-state index contributed by atoms with van der Waals surface area (Å²) < 4.78 is 51.2. The number of halogens is 3. The molecule has 0 saturated carbocycles. The molecule has 0 bridgehead atoms. The number of nitrogen functional groups attached to an aromatic ring is 1. The van der Waals surface area contributed by atoms with Crippen LogP contribution >= 0.6 is 0 Å². The van der Waals surface area contributed by atoms with E-state index in [2.05, 4.69) is 21.0 Å². The lowest BCUT2D eigenvalue weighted by Gasteiger charge is -2.23. The maximum atomic E-state index is 15.6. The molecule has 1 amide bonds. The SMILES string of the molecule is CCc1cnc(OC)c(N(O)Nc2ccc(F)c(-c3ccc(C(NC)C(=O)NC(C)CC)c(N)c3F)c2F)c1. The number of nitrogens with one attached hydrogen (secondary N) is 3. The summed E-state index contributed by atoms with van der Waals surface area (Å²) in [7, 11) is 2.87. The summed E-state index contributed by atoms with van der Waals surface area (Å²) in [4.78, 5) is 16.8. The molecule has 39 heavy (non-hydrogen) atoms. The Morgan fingerprint density at radius 1 is 1.18 bits per heavy atom. The van der Waals surface area contributed by atoms with Gasteiger partial charge in [-0.1, -0.05) is 26.0 Å². The van der Waals surface area contributed by atoms with Gasteiger partial charge in [0.05, 0.1) is 24.0 Å². The number of hydrogen-bond acceptors (Lipinski definition) is 8. The zero-order valence-corrected chi connectivity index (χ0v) is 22.4. The highest BCUT2D eigenvalue weighted by atomic mass is 19.1. The molecule has 210 valence electrons. The van der Waals surface area contributed by atoms with Gasteiger partial charge in [0.25, 0.3) is 0 Å². The summed E-state index contributed by atoms with van der Waals surface area (Å²) in [6, 6.07) is 4.94. The third-order valence-electron chi connectivity index (χ3n) is 6.38. The highest BCUT2D eigenvalue weighted by molar-refractivity contribution is 5.86. The van der Waals surface area contributed by atoms with Gasteiger partial charge >= 0.3 is 0 Å². The molecule has 2 atom stereocenters. The minimum Gasteiger partial charge on any atom is -0.479 e. The Morgan fingerprint density at radius 2 is 1.90 bits per heavy atom. The summed E-state index contributed by atoms with van der Waals surface area (Å²) >= 11 is 0. The number of hydrazine groups is 1. The second-order valence-corrected chi connectivity index (χ2v) is 8.90. The van der Waals surface area contributed by atoms with Crippen LogP contribution in [0.15, 0.2) is 36.5 Å². The number of ether oxygens (including phenoxy) is 1. The van der Waals surface area contributed by atoms with Crippen molar-refractivity contribution in [3.63, 3.8) is 0 Å². The lowest BCUT2D eigenvalue weighted by atomic mass is 9.96. The first kappa shape index (κ1) is 29.5. The Kier molecular flexibility index (Phi) is 9.60. The molecule has 0 aliphatic rings. The minimum atomic E-state index is -1.18. The van der Waals surface area contributed by atoms with Gasteiger partial charge in [-0.25, -0.2) is 18.2 Å². The van der Waals surface area contributed by atoms with Crippen molar-refractivity contribution in [1.29, 1.82) is 0 Å². The number of aromatic nitrogens is 1. The van der Waals surface area contributed by atoms with Gasteiger partial charge in [0.2, 0.25) is 11.8 Å². The molecule has 3 rings (SSSR count). The molecule has 0 radical (unpaired) electrons. The van der Waals surface area contributed by atoms with Crippen molar-refractivity contribution in [3.8, 4) is 17.0 Å². The lowest BCUT2D eigenvalue weighted by Crippen LogP contribution is -2.40. The van der Waals surface area contributed by atoms with Crippen molar-refractivity contribution in [2.24, 2.45) is 0 Å². The molecule has 3 aromatic rings. The predicted octanol–water partition coefficient (Wildman–Crippen LogP) is 4.72. The van der Waals surface area contributed by atoms with Crippen LogP contribution in [0, 0.1) is 17.5 Å². The number of benzene rings is 2. The third kappa shape index (κ3) is 6.18. The molecule has 1 aromatic heterocycles. The number of likely N-dealkylation sites (N-methyl/N-ethyl adjacent to an activating group) is 1. The molecule has 1 heterocycles. The van der Waals surface area contributed by atoms with Gasteiger partial charge in [0.1, 0.15) is 17.5 Å². The molecule has 0 fully saturated rings. The fraction of sp³-hybridized carbons (Fsp3) is 0.333. The van der Waals surface area contributed by atoms with E-state index < -0.39 is 46.2 Å². The molecular weight excluding hydrogens is 513 g/mol. The Bertz CT molecular complexity index is 1340. The van der Waals surface area contributed by atoms with E-state index in [9.17, 15) is 14.4 Å². The van der Waals surface area contributed by atoms with Crippen molar-refractivity contribution < 1.29 is 27.9 Å². The van der Waals surface area contributed by atoms with Gasteiger partial charge < -0.3 is 21.1 Å². The van der Waals surface area contributed by atoms with Crippen molar-refractivity contribution >= 4 is 23.0 Å². The number of nitrogens with two attached hydrogens (primary N) is 1. The molecule has 9 nitrogen and oxygen atoms in total. The van der Waals surface area contributed by atoms with Crippen LogP contribution in [0.2, 0.25) is 0 Å². The molecule has 2 aromatic carbocycles. The normalized spacial score (nSPS) is 12.5. The number of pyridine rings is 1. The molecule has 0 aliphatic heterocycles. The second-order valence-electron chi connectivity index (χ2n) is 8.90. The summed E-state index contributed by atoms with van der Waals surface area (Å²) in [5.41, 5.74) is 7.45. The van der Waals surface area contributed by atoms with Gasteiger partial charge in [-0.05, 0) is 50.6 Å². The summed E-state index contributed by atoms with van der Waals surface area (Å²) in [6.45, 7) is 5.61. The molecule has 12 heteroatoms. The number of carbonyl (C=O) groups excluding carboxylic acids is 1. The fourth-order valence-corrected chi connectivity index (χ4v) is 3.95. The number of rotatable bonds is 11. The van der Waals surface area contributed by atoms with E-state index in [1.807, 2.05) is 20.8 Å². The van der Waals surface area contributed by atoms with Crippen molar-refractivity contribution in [3.05, 3.63) is 65.1 Å². The minimum absolute atomic E-state index is 0.0517. The van der Waals surface area contributed by atoms with Crippen LogP contribution in [-0.4, -0.2) is 36.3 Å². The largest absolute Gasteiger partial charge is 0.479 e. The van der Waals surface area contributed by atoms with Crippen LogP contribution < -0.4 is 31.7 Å². The van der Waals surface area contributed by atoms with Crippen molar-refractivity contribution in [2.45, 2.75) is 45.7 Å². The smallest absolute Gasteiger partial charge is 0.242 e. The first-order valence-corrected chi connectivity index (χ1v) is 12.4. The fourth-order valence-electron chi connectivity index (χ4n) is 3.95. The maximum absolute atomic E-state index is 15.6. The van der Waals surface area contributed by atoms with Crippen LogP contribution in [0.3, 0.4) is 0 Å². The van der Waals surface area contributed by atoms with Gasteiger partial charge in [-0.3, -0.25) is 15.4 Å². The molecule has 0 saturated heterocycles. The average Bonchev–Trinajstić information content (AvgIpc) is 2.93. The standard InChI is InChI=1S/C27H33F3N6O3/c1-6-14(3)34-26(37)25(32-4)17-9-8-16(22(29)24(17)31)21-18(28)10-11-19(23(21)30)35-36(38)20-12-15(7-2)13-33-27(20)39-5/h8-14,25,32,35,38H,6-7,31H2,1-5H3,(H,34,37). The number of nitrogens with zero attached hydrogens (tertiary/aromatic N) is 2. The quantitative estimate of drug-likeness (QED) is 0.173. The van der Waals surface area contributed by atoms with E-state index >= 15 is 8.78 Å². The number of hydrogen-bond donors (Lipinski definition) is 5. The number of aryl methyl sites for hydroxylation is 1. The van der Waals surface area contributed by atoms with E-state index in [0.29, 0.717) is 18.0 Å². The first-order valence-electron chi connectivity index (χ1n) is 12.4. The van der Waals surface area contributed by atoms with E-state index in [0.717, 1.165) is 23.8 Å². The Morgan fingerprint density at radius 3 is 2.51 bits per heavy atom. The third-order valence-corrected chi connectivity index (χ3v) is 6.38. The van der Waals surface area contributed by atoms with Crippen LogP contribution in [0.4, 0.5) is 30.2 Å². The van der Waals surface area contributed by atoms with E-state index in [1.54, 1.807) is 12.3 Å². The Balaban J connectivity index is 2.00. The molecule has 0 spiro atoms. The van der Waals surface area contributed by atoms with Gasteiger partial charge in [0.15, 0.2) is 11.6 Å². The monoisotopic (exact) mass is 546 g/mol. The number of amides is 1. The highest BCUT2D eigenvalue weighted by Gasteiger charge is 2.27. The number of anilines is 3. The molecule has 6 N–H and O–H groups in total. The second kappa shape index (κ2) is 12.7. The van der Waals surface area contributed by atoms with E-state index in [4.69, 9.17) is 10.5 Å². The maximum Gasteiger partial charge on any atom is 0.242 e. The van der Waals surface area contributed by atoms with Crippen molar-refractivity contribution in [1.82, 2.24) is 15.6 Å². The summed E-state index contributed by atoms with van der Waals surface area (Å²) in [6.07, 6.45) is 2.86. The van der Waals surface area contributed by atoms with Gasteiger partial charge in [0, 0.05) is 23.4 Å². The highest BCUT2D eigenvalue weighted by Crippen LogP contribution is 2.37. The Labute approximate surface area is 225 Å². The summed E-state index contributed by atoms with van der Waals surface area (Å²) in [5.74, 6) is -3.70. The number of carbonyl (C=O) groups is 1. The first-order chi connectivity index (χ1) is 18.6. The van der Waals surface area contributed by atoms with Gasteiger partial charge in [-0.2, -0.15) is 5.17 Å². The lowest BCUT2D eigenvalue weighted by molar-refractivity contribution is -0.123. The Hall–Kier alpha value is -4.03. The molecule has 0 aliphatic carbocycles. The average molecular weight is 547 g/mol. The topological polar surface area (TPSA) is 125 Å². The molecular formula is C27H33F3N6O3. The van der Waals surface area contributed by atoms with Crippen LogP contribution in [0.5, 0.6) is 5.88 Å². The van der Waals surface area contributed by atoms with Crippen molar-refractivity contribution in [2.75, 3.05) is 30.5 Å². The number of methoxy groups -OCH3 is 1. The zero-order chi connectivity index (χ0) is 28.9.